The van der Waals surface area contributed by atoms with Gasteiger partial charge < -0.3 is 0 Å². The molecule has 0 N–H and O–H groups in total. The molecule has 1 heterocycles. The SMILES string of the molecule is CCc1c(C)ccc2scc(C)c12. The molecular formula is C12H14S. The molecule has 68 valence electrons. The number of benzene rings is 1. The fourth-order valence-corrected chi connectivity index (χ4v) is 2.90. The smallest absolute Gasteiger partial charge is 0.0348 e. The van der Waals surface area contributed by atoms with Crippen LogP contribution in [-0.2, 0) is 6.42 Å². The van der Waals surface area contributed by atoms with Gasteiger partial charge in [-0.25, -0.2) is 0 Å². The monoisotopic (exact) mass is 190 g/mol. The van der Waals surface area contributed by atoms with Gasteiger partial charge in [-0.1, -0.05) is 13.0 Å². The highest BCUT2D eigenvalue weighted by Gasteiger charge is 2.06. The average molecular weight is 190 g/mol. The number of aryl methyl sites for hydroxylation is 3. The van der Waals surface area contributed by atoms with Crippen LogP contribution in [0.25, 0.3) is 10.1 Å². The molecule has 0 aliphatic carbocycles. The minimum Gasteiger partial charge on any atom is -0.144 e. The highest BCUT2D eigenvalue weighted by atomic mass is 32.1. The van der Waals surface area contributed by atoms with E-state index in [1.54, 1.807) is 0 Å². The molecule has 0 amide bonds. The molecule has 0 aliphatic heterocycles. The Morgan fingerprint density at radius 1 is 1.15 bits per heavy atom. The normalized spacial score (nSPS) is 11.0. The lowest BCUT2D eigenvalue weighted by molar-refractivity contribution is 1.13. The van der Waals surface area contributed by atoms with Crippen molar-refractivity contribution in [3.8, 4) is 0 Å². The molecule has 0 unspecified atom stereocenters. The summed E-state index contributed by atoms with van der Waals surface area (Å²) in [6, 6.07) is 4.47. The van der Waals surface area contributed by atoms with E-state index in [1.807, 2.05) is 11.3 Å². The van der Waals surface area contributed by atoms with Crippen molar-refractivity contribution in [2.45, 2.75) is 27.2 Å². The van der Waals surface area contributed by atoms with Crippen LogP contribution in [0.3, 0.4) is 0 Å². The van der Waals surface area contributed by atoms with E-state index >= 15 is 0 Å². The molecule has 1 heteroatoms. The van der Waals surface area contributed by atoms with Gasteiger partial charge in [0.1, 0.15) is 0 Å². The number of hydrogen-bond donors (Lipinski definition) is 0. The summed E-state index contributed by atoms with van der Waals surface area (Å²) in [5.74, 6) is 0. The zero-order valence-corrected chi connectivity index (χ0v) is 9.16. The van der Waals surface area contributed by atoms with E-state index in [0.29, 0.717) is 0 Å². The zero-order chi connectivity index (χ0) is 9.42. The second-order valence-electron chi connectivity index (χ2n) is 3.51. The molecule has 0 radical (unpaired) electrons. The summed E-state index contributed by atoms with van der Waals surface area (Å²) in [5, 5.41) is 3.75. The number of rotatable bonds is 1. The Morgan fingerprint density at radius 3 is 2.62 bits per heavy atom. The molecule has 0 nitrogen and oxygen atoms in total. The summed E-state index contributed by atoms with van der Waals surface area (Å²) in [5.41, 5.74) is 4.38. The van der Waals surface area contributed by atoms with E-state index in [4.69, 9.17) is 0 Å². The van der Waals surface area contributed by atoms with E-state index < -0.39 is 0 Å². The van der Waals surface area contributed by atoms with Gasteiger partial charge in [-0.05, 0) is 53.8 Å². The number of thiophene rings is 1. The Kier molecular flexibility index (Phi) is 2.12. The third-order valence-corrected chi connectivity index (χ3v) is 3.68. The Bertz CT molecular complexity index is 438. The van der Waals surface area contributed by atoms with Crippen LogP contribution in [-0.4, -0.2) is 0 Å². The molecule has 0 bridgehead atoms. The molecule has 0 saturated carbocycles. The number of hydrogen-bond acceptors (Lipinski definition) is 1. The van der Waals surface area contributed by atoms with Crippen LogP contribution < -0.4 is 0 Å². The minimum absolute atomic E-state index is 1.14. The van der Waals surface area contributed by atoms with Gasteiger partial charge in [0.25, 0.3) is 0 Å². The summed E-state index contributed by atoms with van der Waals surface area (Å²) in [6.07, 6.45) is 1.14. The predicted molar refractivity (Wildman–Crippen MR) is 60.7 cm³/mol. The molecule has 13 heavy (non-hydrogen) atoms. The lowest BCUT2D eigenvalue weighted by Crippen LogP contribution is -1.87. The van der Waals surface area contributed by atoms with Crippen LogP contribution in [0.1, 0.15) is 23.6 Å². The minimum atomic E-state index is 1.14. The van der Waals surface area contributed by atoms with Crippen molar-refractivity contribution in [2.75, 3.05) is 0 Å². The average Bonchev–Trinajstić information content (AvgIpc) is 2.49. The van der Waals surface area contributed by atoms with Gasteiger partial charge in [0.2, 0.25) is 0 Å². The van der Waals surface area contributed by atoms with Crippen LogP contribution in [0.5, 0.6) is 0 Å². The van der Waals surface area contributed by atoms with E-state index in [9.17, 15) is 0 Å². The molecule has 0 spiro atoms. The lowest BCUT2D eigenvalue weighted by Gasteiger charge is -2.05. The zero-order valence-electron chi connectivity index (χ0n) is 8.35. The molecule has 0 fully saturated rings. The largest absolute Gasteiger partial charge is 0.144 e. The quantitative estimate of drug-likeness (QED) is 0.635. The summed E-state index contributed by atoms with van der Waals surface area (Å²) < 4.78 is 1.43. The van der Waals surface area contributed by atoms with E-state index in [-0.39, 0.29) is 0 Å². The highest BCUT2D eigenvalue weighted by Crippen LogP contribution is 2.30. The molecule has 1 aromatic carbocycles. The van der Waals surface area contributed by atoms with Gasteiger partial charge in [0, 0.05) is 4.70 Å². The summed E-state index contributed by atoms with van der Waals surface area (Å²) >= 11 is 1.85. The maximum atomic E-state index is 2.25. The first kappa shape index (κ1) is 8.76. The van der Waals surface area contributed by atoms with Crippen LogP contribution >= 0.6 is 11.3 Å². The first-order valence-electron chi connectivity index (χ1n) is 4.70. The van der Waals surface area contributed by atoms with Crippen LogP contribution in [0.2, 0.25) is 0 Å². The second kappa shape index (κ2) is 3.15. The van der Waals surface area contributed by atoms with Crippen LogP contribution in [0.15, 0.2) is 17.5 Å². The van der Waals surface area contributed by atoms with Gasteiger partial charge in [0.15, 0.2) is 0 Å². The van der Waals surface area contributed by atoms with Crippen molar-refractivity contribution in [3.05, 3.63) is 34.2 Å². The third-order valence-electron chi connectivity index (χ3n) is 2.62. The maximum absolute atomic E-state index is 2.25. The van der Waals surface area contributed by atoms with E-state index in [1.165, 1.54) is 26.8 Å². The summed E-state index contributed by atoms with van der Waals surface area (Å²) in [7, 11) is 0. The van der Waals surface area contributed by atoms with Crippen molar-refractivity contribution in [1.29, 1.82) is 0 Å². The van der Waals surface area contributed by atoms with Crippen molar-refractivity contribution >= 4 is 21.4 Å². The third kappa shape index (κ3) is 1.28. The number of fused-ring (bicyclic) bond motifs is 1. The van der Waals surface area contributed by atoms with Crippen molar-refractivity contribution in [3.63, 3.8) is 0 Å². The van der Waals surface area contributed by atoms with Crippen molar-refractivity contribution in [1.82, 2.24) is 0 Å². The Morgan fingerprint density at radius 2 is 1.92 bits per heavy atom. The summed E-state index contributed by atoms with van der Waals surface area (Å²) in [6.45, 7) is 6.64. The Balaban J connectivity index is 2.88. The molecule has 0 atom stereocenters. The molecule has 0 saturated heterocycles. The van der Waals surface area contributed by atoms with Gasteiger partial charge in [-0.3, -0.25) is 0 Å². The molecular weight excluding hydrogens is 176 g/mol. The fraction of sp³-hybridized carbons (Fsp3) is 0.333. The molecule has 2 aromatic rings. The standard InChI is InChI=1S/C12H14S/c1-4-10-8(2)5-6-11-12(10)9(3)7-13-11/h5-7H,4H2,1-3H3. The van der Waals surface area contributed by atoms with Crippen molar-refractivity contribution in [2.24, 2.45) is 0 Å². The summed E-state index contributed by atoms with van der Waals surface area (Å²) in [4.78, 5) is 0. The van der Waals surface area contributed by atoms with E-state index in [0.717, 1.165) is 6.42 Å². The lowest BCUT2D eigenvalue weighted by atomic mass is 10.00. The molecule has 2 rings (SSSR count). The Labute approximate surface area is 83.2 Å². The topological polar surface area (TPSA) is 0 Å². The fourth-order valence-electron chi connectivity index (χ4n) is 1.93. The van der Waals surface area contributed by atoms with Gasteiger partial charge in [0.05, 0.1) is 0 Å². The second-order valence-corrected chi connectivity index (χ2v) is 4.42. The Hall–Kier alpha value is -0.820. The first-order chi connectivity index (χ1) is 6.24. The van der Waals surface area contributed by atoms with Gasteiger partial charge >= 0.3 is 0 Å². The molecule has 0 aliphatic rings. The predicted octanol–water partition coefficient (Wildman–Crippen LogP) is 4.08. The highest BCUT2D eigenvalue weighted by molar-refractivity contribution is 7.17. The first-order valence-corrected chi connectivity index (χ1v) is 5.58. The van der Waals surface area contributed by atoms with Crippen LogP contribution in [0.4, 0.5) is 0 Å². The van der Waals surface area contributed by atoms with Crippen molar-refractivity contribution < 1.29 is 0 Å². The molecule has 1 aromatic heterocycles. The van der Waals surface area contributed by atoms with Gasteiger partial charge in [-0.2, -0.15) is 0 Å². The van der Waals surface area contributed by atoms with E-state index in [2.05, 4.69) is 38.3 Å². The van der Waals surface area contributed by atoms with Gasteiger partial charge in [-0.15, -0.1) is 11.3 Å². The van der Waals surface area contributed by atoms with Crippen LogP contribution in [0, 0.1) is 13.8 Å². The maximum Gasteiger partial charge on any atom is 0.0348 e.